The Balaban J connectivity index is 2.98. The summed E-state index contributed by atoms with van der Waals surface area (Å²) in [4.78, 5) is 0. The van der Waals surface area contributed by atoms with Gasteiger partial charge in [0.1, 0.15) is 5.52 Å². The molecular weight excluding hydrogens is 160 g/mol. The lowest BCUT2D eigenvalue weighted by Crippen LogP contribution is -1.91. The van der Waals surface area contributed by atoms with Crippen molar-refractivity contribution in [2.75, 3.05) is 0 Å². The maximum absolute atomic E-state index is 9.22. The van der Waals surface area contributed by atoms with E-state index in [0.717, 1.165) is 0 Å². The third-order valence-corrected chi connectivity index (χ3v) is 1.63. The molecule has 0 aliphatic carbocycles. The van der Waals surface area contributed by atoms with E-state index in [-0.39, 0.29) is 11.8 Å². The van der Waals surface area contributed by atoms with Crippen LogP contribution in [0.3, 0.4) is 0 Å². The minimum Gasteiger partial charge on any atom is -0.492 e. The second kappa shape index (κ2) is 2.07. The fraction of sp³-hybridized carbons (Fsp3) is 0.167. The van der Waals surface area contributed by atoms with Crippen LogP contribution in [0.4, 0.5) is 0 Å². The maximum atomic E-state index is 9.22. The van der Waals surface area contributed by atoms with E-state index in [1.807, 2.05) is 0 Å². The highest BCUT2D eigenvalue weighted by molar-refractivity contribution is 5.86. The van der Waals surface area contributed by atoms with Crippen molar-refractivity contribution in [2.24, 2.45) is 7.05 Å². The molecule has 0 aromatic carbocycles. The van der Waals surface area contributed by atoms with E-state index in [1.54, 1.807) is 7.05 Å². The van der Waals surface area contributed by atoms with E-state index in [9.17, 15) is 10.2 Å². The van der Waals surface area contributed by atoms with E-state index in [2.05, 4.69) is 15.3 Å². The van der Waals surface area contributed by atoms with Crippen LogP contribution < -0.4 is 0 Å². The summed E-state index contributed by atoms with van der Waals surface area (Å²) in [6.45, 7) is 0. The van der Waals surface area contributed by atoms with Gasteiger partial charge in [-0.15, -0.1) is 10.2 Å². The Labute approximate surface area is 67.1 Å². The Morgan fingerprint density at radius 3 is 2.58 bits per heavy atom. The van der Waals surface area contributed by atoms with Crippen molar-refractivity contribution in [3.63, 3.8) is 0 Å². The number of aryl methyl sites for hydroxylation is 1. The van der Waals surface area contributed by atoms with Crippen LogP contribution in [-0.4, -0.2) is 30.2 Å². The quantitative estimate of drug-likeness (QED) is 0.565. The number of nitrogens with zero attached hydrogens (tertiary/aromatic N) is 4. The zero-order valence-corrected chi connectivity index (χ0v) is 6.26. The monoisotopic (exact) mass is 166 g/mol. The molecule has 2 aromatic heterocycles. The first-order valence-electron chi connectivity index (χ1n) is 3.26. The zero-order chi connectivity index (χ0) is 8.72. The summed E-state index contributed by atoms with van der Waals surface area (Å²) in [6, 6.07) is 0. The average Bonchev–Trinajstić information content (AvgIpc) is 2.42. The van der Waals surface area contributed by atoms with Gasteiger partial charge in [-0.1, -0.05) is 0 Å². The number of fused-ring (bicyclic) bond motifs is 1. The van der Waals surface area contributed by atoms with E-state index >= 15 is 0 Å². The summed E-state index contributed by atoms with van der Waals surface area (Å²) in [7, 11) is 1.64. The molecule has 0 atom stereocenters. The van der Waals surface area contributed by atoms with Gasteiger partial charge in [0.05, 0.1) is 11.6 Å². The molecule has 0 bridgehead atoms. The van der Waals surface area contributed by atoms with Gasteiger partial charge in [-0.25, -0.2) is 0 Å². The molecule has 0 fully saturated rings. The van der Waals surface area contributed by atoms with Gasteiger partial charge in [-0.05, 0) is 0 Å². The van der Waals surface area contributed by atoms with Crippen molar-refractivity contribution in [1.29, 1.82) is 0 Å². The first-order valence-corrected chi connectivity index (χ1v) is 3.26. The molecule has 12 heavy (non-hydrogen) atoms. The molecule has 0 amide bonds. The van der Waals surface area contributed by atoms with Crippen LogP contribution in [-0.2, 0) is 7.05 Å². The van der Waals surface area contributed by atoms with Gasteiger partial charge in [0.15, 0.2) is 0 Å². The molecule has 6 nitrogen and oxygen atoms in total. The highest BCUT2D eigenvalue weighted by Crippen LogP contribution is 2.25. The lowest BCUT2D eigenvalue weighted by molar-refractivity contribution is 0.422. The molecule has 2 aromatic rings. The molecule has 0 saturated heterocycles. The van der Waals surface area contributed by atoms with Crippen LogP contribution in [0.5, 0.6) is 11.8 Å². The van der Waals surface area contributed by atoms with Crippen LogP contribution in [0.1, 0.15) is 0 Å². The first kappa shape index (κ1) is 6.84. The number of aromatic nitrogens is 4. The minimum absolute atomic E-state index is 0.226. The van der Waals surface area contributed by atoms with E-state index in [1.165, 1.54) is 10.9 Å². The van der Waals surface area contributed by atoms with Crippen LogP contribution in [0.25, 0.3) is 10.9 Å². The molecule has 0 radical (unpaired) electrons. The van der Waals surface area contributed by atoms with Crippen molar-refractivity contribution in [3.05, 3.63) is 6.20 Å². The Bertz CT molecular complexity index is 436. The summed E-state index contributed by atoms with van der Waals surface area (Å²) in [5.41, 5.74) is 0.377. The Hall–Kier alpha value is -1.85. The molecule has 0 unspecified atom stereocenters. The summed E-state index contributed by atoms with van der Waals surface area (Å²) >= 11 is 0. The Morgan fingerprint density at radius 2 is 1.92 bits per heavy atom. The summed E-state index contributed by atoms with van der Waals surface area (Å²) in [5, 5.41) is 29.3. The second-order valence-corrected chi connectivity index (χ2v) is 2.38. The van der Waals surface area contributed by atoms with Crippen molar-refractivity contribution < 1.29 is 10.2 Å². The van der Waals surface area contributed by atoms with Gasteiger partial charge in [-0.2, -0.15) is 5.10 Å². The van der Waals surface area contributed by atoms with Crippen molar-refractivity contribution >= 4 is 10.9 Å². The molecule has 0 saturated carbocycles. The van der Waals surface area contributed by atoms with Gasteiger partial charge in [0, 0.05) is 7.05 Å². The molecule has 0 aliphatic heterocycles. The van der Waals surface area contributed by atoms with Crippen molar-refractivity contribution in [2.45, 2.75) is 0 Å². The van der Waals surface area contributed by atoms with Crippen LogP contribution in [0.15, 0.2) is 6.20 Å². The third kappa shape index (κ3) is 0.714. The molecule has 0 spiro atoms. The van der Waals surface area contributed by atoms with Crippen molar-refractivity contribution in [1.82, 2.24) is 20.0 Å². The lowest BCUT2D eigenvalue weighted by atomic mass is 10.3. The first-order chi connectivity index (χ1) is 5.70. The topological polar surface area (TPSA) is 84.1 Å². The zero-order valence-electron chi connectivity index (χ0n) is 6.26. The maximum Gasteiger partial charge on any atom is 0.257 e. The number of hydrogen-bond acceptors (Lipinski definition) is 5. The third-order valence-electron chi connectivity index (χ3n) is 1.63. The van der Waals surface area contributed by atoms with Crippen LogP contribution in [0.2, 0.25) is 0 Å². The SMILES string of the molecule is Cn1ncc2c(O)nnc(O)c21. The van der Waals surface area contributed by atoms with Gasteiger partial charge in [0.2, 0.25) is 5.88 Å². The summed E-state index contributed by atoms with van der Waals surface area (Å²) < 4.78 is 1.42. The van der Waals surface area contributed by atoms with E-state index < -0.39 is 0 Å². The molecular formula is C6H6N4O2. The highest BCUT2D eigenvalue weighted by atomic mass is 16.3. The number of aromatic hydroxyl groups is 2. The lowest BCUT2D eigenvalue weighted by Gasteiger charge is -1.96. The fourth-order valence-electron chi connectivity index (χ4n) is 1.06. The predicted molar refractivity (Wildman–Crippen MR) is 39.6 cm³/mol. The number of rotatable bonds is 0. The largest absolute Gasteiger partial charge is 0.492 e. The summed E-state index contributed by atoms with van der Waals surface area (Å²) in [5.74, 6) is -0.460. The van der Waals surface area contributed by atoms with Crippen LogP contribution >= 0.6 is 0 Å². The van der Waals surface area contributed by atoms with Gasteiger partial charge >= 0.3 is 0 Å². The Morgan fingerprint density at radius 1 is 1.25 bits per heavy atom. The Kier molecular flexibility index (Phi) is 1.18. The minimum atomic E-state index is -0.234. The van der Waals surface area contributed by atoms with Crippen molar-refractivity contribution in [3.8, 4) is 11.8 Å². The molecule has 2 N–H and O–H groups in total. The van der Waals surface area contributed by atoms with Gasteiger partial charge in [0.25, 0.3) is 5.88 Å². The summed E-state index contributed by atoms with van der Waals surface area (Å²) in [6.07, 6.45) is 1.42. The van der Waals surface area contributed by atoms with E-state index in [0.29, 0.717) is 10.9 Å². The van der Waals surface area contributed by atoms with Gasteiger partial charge in [-0.3, -0.25) is 4.68 Å². The standard InChI is InChI=1S/C6H6N4O2/c1-10-4-3(2-7-10)5(11)8-9-6(4)12/h2H,1H3,(H,8,11)(H,9,12). The smallest absolute Gasteiger partial charge is 0.257 e. The average molecular weight is 166 g/mol. The fourth-order valence-corrected chi connectivity index (χ4v) is 1.06. The molecule has 62 valence electrons. The normalized spacial score (nSPS) is 10.8. The van der Waals surface area contributed by atoms with Crippen LogP contribution in [0, 0.1) is 0 Å². The highest BCUT2D eigenvalue weighted by Gasteiger charge is 2.10. The van der Waals surface area contributed by atoms with E-state index in [4.69, 9.17) is 0 Å². The molecule has 2 rings (SSSR count). The number of hydrogen-bond donors (Lipinski definition) is 2. The van der Waals surface area contributed by atoms with Gasteiger partial charge < -0.3 is 10.2 Å². The molecule has 2 heterocycles. The molecule has 6 heteroatoms. The second-order valence-electron chi connectivity index (χ2n) is 2.38. The predicted octanol–water partition coefficient (Wildman–Crippen LogP) is -0.226. The molecule has 0 aliphatic rings.